The van der Waals surface area contributed by atoms with Gasteiger partial charge in [-0.1, -0.05) is 0 Å². The van der Waals surface area contributed by atoms with E-state index in [-0.39, 0.29) is 18.3 Å². The van der Waals surface area contributed by atoms with E-state index in [4.69, 9.17) is 4.74 Å². The summed E-state index contributed by atoms with van der Waals surface area (Å²) in [5, 5.41) is 6.14. The van der Waals surface area contributed by atoms with Crippen molar-refractivity contribution in [2.75, 3.05) is 53.0 Å². The number of amides is 1. The van der Waals surface area contributed by atoms with Gasteiger partial charge >= 0.3 is 0 Å². The quantitative estimate of drug-likeness (QED) is 0.623. The minimum Gasteiger partial charge on any atom is -0.385 e. The largest absolute Gasteiger partial charge is 0.385 e. The van der Waals surface area contributed by atoms with Crippen LogP contribution in [0.4, 0.5) is 0 Å². The fourth-order valence-electron chi connectivity index (χ4n) is 1.57. The number of methoxy groups -OCH3 is 1. The van der Waals surface area contributed by atoms with E-state index in [1.165, 1.54) is 0 Å². The third-order valence-corrected chi connectivity index (χ3v) is 2.42. The van der Waals surface area contributed by atoms with Crippen molar-refractivity contribution in [2.45, 2.75) is 6.42 Å². The number of hydrogen-bond donors (Lipinski definition) is 2. The van der Waals surface area contributed by atoms with Gasteiger partial charge in [0, 0.05) is 46.4 Å². The fourth-order valence-corrected chi connectivity index (χ4v) is 1.57. The summed E-state index contributed by atoms with van der Waals surface area (Å²) in [5.41, 5.74) is 0. The SMILES string of the molecule is COCCCNC(=O)CN1CCNCC1.Cl. The predicted octanol–water partition coefficient (Wildman–Crippen LogP) is -0.534. The van der Waals surface area contributed by atoms with Gasteiger partial charge in [0.05, 0.1) is 6.54 Å². The van der Waals surface area contributed by atoms with Crippen molar-refractivity contribution in [3.05, 3.63) is 0 Å². The molecule has 5 nitrogen and oxygen atoms in total. The zero-order valence-electron chi connectivity index (χ0n) is 9.83. The molecule has 1 heterocycles. The molecule has 1 aliphatic rings. The van der Waals surface area contributed by atoms with E-state index in [2.05, 4.69) is 15.5 Å². The second-order valence-electron chi connectivity index (χ2n) is 3.72. The van der Waals surface area contributed by atoms with Crippen molar-refractivity contribution in [1.82, 2.24) is 15.5 Å². The van der Waals surface area contributed by atoms with Crippen LogP contribution in [0.25, 0.3) is 0 Å². The fraction of sp³-hybridized carbons (Fsp3) is 0.900. The summed E-state index contributed by atoms with van der Waals surface area (Å²) in [6, 6.07) is 0. The average Bonchev–Trinajstić information content (AvgIpc) is 2.26. The lowest BCUT2D eigenvalue weighted by Gasteiger charge is -2.26. The van der Waals surface area contributed by atoms with Crippen LogP contribution in [-0.2, 0) is 9.53 Å². The van der Waals surface area contributed by atoms with E-state index in [0.29, 0.717) is 19.7 Å². The van der Waals surface area contributed by atoms with Gasteiger partial charge in [-0.05, 0) is 6.42 Å². The Morgan fingerprint density at radius 1 is 1.44 bits per heavy atom. The normalized spacial score (nSPS) is 16.6. The van der Waals surface area contributed by atoms with Crippen molar-refractivity contribution in [3.63, 3.8) is 0 Å². The van der Waals surface area contributed by atoms with E-state index in [1.54, 1.807) is 7.11 Å². The van der Waals surface area contributed by atoms with Gasteiger partial charge < -0.3 is 15.4 Å². The molecule has 1 saturated heterocycles. The van der Waals surface area contributed by atoms with Crippen LogP contribution in [0.1, 0.15) is 6.42 Å². The van der Waals surface area contributed by atoms with Crippen LogP contribution in [0.15, 0.2) is 0 Å². The number of carbonyl (C=O) groups is 1. The highest BCUT2D eigenvalue weighted by atomic mass is 35.5. The van der Waals surface area contributed by atoms with Crippen molar-refractivity contribution in [1.29, 1.82) is 0 Å². The van der Waals surface area contributed by atoms with Crippen molar-refractivity contribution in [3.8, 4) is 0 Å². The Morgan fingerprint density at radius 2 is 2.12 bits per heavy atom. The Balaban J connectivity index is 0.00000225. The average molecular weight is 252 g/mol. The van der Waals surface area contributed by atoms with Crippen LogP contribution in [-0.4, -0.2) is 63.8 Å². The van der Waals surface area contributed by atoms with Gasteiger partial charge in [-0.2, -0.15) is 0 Å². The molecule has 0 radical (unpaired) electrons. The number of rotatable bonds is 6. The molecule has 0 aromatic carbocycles. The van der Waals surface area contributed by atoms with Crippen LogP contribution in [0.5, 0.6) is 0 Å². The van der Waals surface area contributed by atoms with Gasteiger partial charge in [0.2, 0.25) is 5.91 Å². The molecule has 0 unspecified atom stereocenters. The Morgan fingerprint density at radius 3 is 2.75 bits per heavy atom. The first-order valence-corrected chi connectivity index (χ1v) is 5.51. The van der Waals surface area contributed by atoms with Gasteiger partial charge in [0.25, 0.3) is 0 Å². The van der Waals surface area contributed by atoms with Gasteiger partial charge in [0.15, 0.2) is 0 Å². The van der Waals surface area contributed by atoms with Crippen LogP contribution >= 0.6 is 12.4 Å². The molecule has 0 spiro atoms. The van der Waals surface area contributed by atoms with Crippen LogP contribution < -0.4 is 10.6 Å². The van der Waals surface area contributed by atoms with E-state index in [1.807, 2.05) is 0 Å². The molecule has 0 aromatic heterocycles. The second kappa shape index (κ2) is 9.84. The summed E-state index contributed by atoms with van der Waals surface area (Å²) in [4.78, 5) is 13.6. The highest BCUT2D eigenvalue weighted by molar-refractivity contribution is 5.85. The first-order valence-electron chi connectivity index (χ1n) is 5.51. The maximum absolute atomic E-state index is 11.5. The smallest absolute Gasteiger partial charge is 0.234 e. The molecule has 1 rings (SSSR count). The molecule has 6 heteroatoms. The predicted molar refractivity (Wildman–Crippen MR) is 66.1 cm³/mol. The van der Waals surface area contributed by atoms with E-state index >= 15 is 0 Å². The number of nitrogens with one attached hydrogen (secondary N) is 2. The summed E-state index contributed by atoms with van der Waals surface area (Å²) >= 11 is 0. The van der Waals surface area contributed by atoms with E-state index in [9.17, 15) is 4.79 Å². The van der Waals surface area contributed by atoms with Crippen molar-refractivity contribution in [2.24, 2.45) is 0 Å². The Labute approximate surface area is 103 Å². The maximum atomic E-state index is 11.5. The molecular weight excluding hydrogens is 230 g/mol. The molecule has 2 N–H and O–H groups in total. The Kier molecular flexibility index (Phi) is 9.62. The van der Waals surface area contributed by atoms with Crippen LogP contribution in [0, 0.1) is 0 Å². The summed E-state index contributed by atoms with van der Waals surface area (Å²) in [5.74, 6) is 0.119. The molecule has 16 heavy (non-hydrogen) atoms. The molecule has 1 amide bonds. The van der Waals surface area contributed by atoms with Crippen LogP contribution in [0.2, 0.25) is 0 Å². The minimum absolute atomic E-state index is 0. The Bertz CT molecular complexity index is 187. The first-order chi connectivity index (χ1) is 7.33. The molecule has 1 aliphatic heterocycles. The highest BCUT2D eigenvalue weighted by Crippen LogP contribution is 1.90. The summed E-state index contributed by atoms with van der Waals surface area (Å²) in [6.07, 6.45) is 0.879. The summed E-state index contributed by atoms with van der Waals surface area (Å²) < 4.78 is 4.90. The second-order valence-corrected chi connectivity index (χ2v) is 3.72. The number of nitrogens with zero attached hydrogens (tertiary/aromatic N) is 1. The highest BCUT2D eigenvalue weighted by Gasteiger charge is 2.12. The number of ether oxygens (including phenoxy) is 1. The lowest BCUT2D eigenvalue weighted by atomic mass is 10.3. The number of carbonyl (C=O) groups excluding carboxylic acids is 1. The third-order valence-electron chi connectivity index (χ3n) is 2.42. The lowest BCUT2D eigenvalue weighted by molar-refractivity contribution is -0.122. The lowest BCUT2D eigenvalue weighted by Crippen LogP contribution is -2.47. The first kappa shape index (κ1) is 15.6. The molecule has 0 saturated carbocycles. The molecular formula is C10H22ClN3O2. The maximum Gasteiger partial charge on any atom is 0.234 e. The molecule has 1 fully saturated rings. The van der Waals surface area contributed by atoms with Crippen LogP contribution in [0.3, 0.4) is 0 Å². The molecule has 0 aromatic rings. The van der Waals surface area contributed by atoms with Gasteiger partial charge in [0.1, 0.15) is 0 Å². The van der Waals surface area contributed by atoms with E-state index < -0.39 is 0 Å². The van der Waals surface area contributed by atoms with Gasteiger partial charge in [-0.15, -0.1) is 12.4 Å². The third kappa shape index (κ3) is 7.00. The number of hydrogen-bond acceptors (Lipinski definition) is 4. The zero-order chi connectivity index (χ0) is 10.9. The monoisotopic (exact) mass is 251 g/mol. The summed E-state index contributed by atoms with van der Waals surface area (Å²) in [6.45, 7) is 5.83. The number of piperazine rings is 1. The van der Waals surface area contributed by atoms with Gasteiger partial charge in [-0.25, -0.2) is 0 Å². The topological polar surface area (TPSA) is 53.6 Å². The summed E-state index contributed by atoms with van der Waals surface area (Å²) in [7, 11) is 1.67. The molecule has 0 bridgehead atoms. The van der Waals surface area contributed by atoms with Gasteiger partial charge in [-0.3, -0.25) is 9.69 Å². The molecule has 96 valence electrons. The van der Waals surface area contributed by atoms with Crippen molar-refractivity contribution >= 4 is 18.3 Å². The van der Waals surface area contributed by atoms with Crippen molar-refractivity contribution < 1.29 is 9.53 Å². The number of halogens is 1. The van der Waals surface area contributed by atoms with E-state index in [0.717, 1.165) is 32.6 Å². The zero-order valence-corrected chi connectivity index (χ0v) is 10.6. The molecule has 0 atom stereocenters. The minimum atomic E-state index is 0. The molecule has 0 aliphatic carbocycles. The Hall–Kier alpha value is -0.360. The standard InChI is InChI=1S/C10H21N3O2.ClH/c1-15-8-2-3-12-10(14)9-13-6-4-11-5-7-13;/h11H,2-9H2,1H3,(H,12,14);1H.